The van der Waals surface area contributed by atoms with E-state index >= 15 is 0 Å². The first kappa shape index (κ1) is 20.7. The number of ether oxygens (including phenoxy) is 1. The van der Waals surface area contributed by atoms with Crippen molar-refractivity contribution in [3.63, 3.8) is 0 Å². The predicted molar refractivity (Wildman–Crippen MR) is 103 cm³/mol. The minimum Gasteiger partial charge on any atom is -0.381 e. The molecule has 0 aromatic carbocycles. The van der Waals surface area contributed by atoms with Crippen molar-refractivity contribution in [3.05, 3.63) is 12.7 Å². The Labute approximate surface area is 146 Å². The Morgan fingerprint density at radius 1 is 0.870 bits per heavy atom. The molecule has 0 aromatic heterocycles. The van der Waals surface area contributed by atoms with Crippen LogP contribution < -0.4 is 0 Å². The van der Waals surface area contributed by atoms with Crippen LogP contribution in [0.4, 0.5) is 0 Å². The molecular weight excluding hydrogens is 282 g/mol. The molecular formula is C22H42O. The maximum absolute atomic E-state index is 5.51. The minimum atomic E-state index is 0.699. The van der Waals surface area contributed by atoms with Gasteiger partial charge in [-0.15, -0.1) is 6.58 Å². The summed E-state index contributed by atoms with van der Waals surface area (Å²) in [7, 11) is 0. The number of unbranched alkanes of at least 4 members (excludes halogenated alkanes) is 12. The Bertz CT molecular complexity index is 255. The van der Waals surface area contributed by atoms with Crippen LogP contribution in [0.25, 0.3) is 0 Å². The number of allylic oxidation sites excluding steroid dienone is 1. The van der Waals surface area contributed by atoms with Gasteiger partial charge in [-0.05, 0) is 24.7 Å². The molecule has 0 saturated carbocycles. The summed E-state index contributed by atoms with van der Waals surface area (Å²) < 4.78 is 5.51. The Morgan fingerprint density at radius 2 is 1.39 bits per heavy atom. The van der Waals surface area contributed by atoms with Crippen LogP contribution in [0.5, 0.6) is 0 Å². The number of hydrogen-bond acceptors (Lipinski definition) is 1. The summed E-state index contributed by atoms with van der Waals surface area (Å²) in [5.74, 6) is 1.45. The van der Waals surface area contributed by atoms with Gasteiger partial charge >= 0.3 is 0 Å². The smallest absolute Gasteiger partial charge is 0.0500 e. The van der Waals surface area contributed by atoms with E-state index in [0.717, 1.165) is 19.1 Å². The SMILES string of the molecule is C=C[C@@H](CCCCCCCCCCCCCCC)C1C[13CH2]O[13CH2]1. The molecule has 1 aliphatic heterocycles. The van der Waals surface area contributed by atoms with E-state index in [4.69, 9.17) is 4.74 Å². The molecule has 0 N–H and O–H groups in total. The van der Waals surface area contributed by atoms with Gasteiger partial charge < -0.3 is 4.74 Å². The highest BCUT2D eigenvalue weighted by Gasteiger charge is 2.22. The number of hydrogen-bond donors (Lipinski definition) is 0. The number of rotatable bonds is 16. The predicted octanol–water partition coefficient (Wildman–Crippen LogP) is 7.31. The summed E-state index contributed by atoms with van der Waals surface area (Å²) in [6.45, 7) is 8.26. The van der Waals surface area contributed by atoms with Gasteiger partial charge in [-0.3, -0.25) is 0 Å². The lowest BCUT2D eigenvalue weighted by Crippen LogP contribution is -2.12. The second-order valence-electron chi connectivity index (χ2n) is 7.55. The monoisotopic (exact) mass is 324 g/mol. The molecule has 0 amide bonds. The van der Waals surface area contributed by atoms with Crippen LogP contribution >= 0.6 is 0 Å². The standard InChI is InChI=1S/C22H42O/c1-3-5-6-7-8-9-10-11-12-13-14-15-16-17-21(4-2)22-18-19-23-20-22/h4,21-22H,2-3,5-20H2,1H3/t21-,22?/m0/s1/i19+1,20+1. The Hall–Kier alpha value is -0.300. The molecule has 0 aliphatic carbocycles. The molecule has 1 unspecified atom stereocenters. The van der Waals surface area contributed by atoms with Crippen molar-refractivity contribution in [2.45, 2.75) is 103 Å². The quantitative estimate of drug-likeness (QED) is 0.164. The van der Waals surface area contributed by atoms with E-state index in [-0.39, 0.29) is 0 Å². The van der Waals surface area contributed by atoms with Crippen molar-refractivity contribution < 1.29 is 4.74 Å². The van der Waals surface area contributed by atoms with Gasteiger partial charge in [0.2, 0.25) is 0 Å². The fourth-order valence-corrected chi connectivity index (χ4v) is 3.83. The molecule has 1 heterocycles. The third-order valence-electron chi connectivity index (χ3n) is 5.51. The van der Waals surface area contributed by atoms with E-state index in [1.165, 1.54) is 96.3 Å². The highest BCUT2D eigenvalue weighted by molar-refractivity contribution is 4.86. The second-order valence-corrected chi connectivity index (χ2v) is 7.55. The van der Waals surface area contributed by atoms with Crippen molar-refractivity contribution in [2.24, 2.45) is 11.8 Å². The average molecular weight is 325 g/mol. The van der Waals surface area contributed by atoms with Gasteiger partial charge in [-0.25, -0.2) is 0 Å². The van der Waals surface area contributed by atoms with Crippen LogP contribution in [0.3, 0.4) is 0 Å². The maximum atomic E-state index is 5.51. The normalized spacial score (nSPS) is 19.1. The highest BCUT2D eigenvalue weighted by atomic mass is 16.6. The van der Waals surface area contributed by atoms with Crippen molar-refractivity contribution in [3.8, 4) is 0 Å². The lowest BCUT2D eigenvalue weighted by Gasteiger charge is -2.18. The van der Waals surface area contributed by atoms with Gasteiger partial charge in [-0.1, -0.05) is 96.5 Å². The van der Waals surface area contributed by atoms with E-state index < -0.39 is 0 Å². The zero-order chi connectivity index (χ0) is 16.6. The zero-order valence-corrected chi connectivity index (χ0v) is 15.9. The Kier molecular flexibility index (Phi) is 13.7. The van der Waals surface area contributed by atoms with Crippen molar-refractivity contribution >= 4 is 0 Å². The van der Waals surface area contributed by atoms with Crippen LogP contribution in [-0.4, -0.2) is 13.2 Å². The molecule has 1 nitrogen and oxygen atoms in total. The fourth-order valence-electron chi connectivity index (χ4n) is 3.83. The molecule has 1 saturated heterocycles. The highest BCUT2D eigenvalue weighted by Crippen LogP contribution is 2.27. The van der Waals surface area contributed by atoms with Crippen LogP contribution in [0.2, 0.25) is 0 Å². The van der Waals surface area contributed by atoms with Gasteiger partial charge in [0.25, 0.3) is 0 Å². The van der Waals surface area contributed by atoms with Crippen LogP contribution in [0, 0.1) is 11.8 Å². The van der Waals surface area contributed by atoms with Gasteiger partial charge in [-0.2, -0.15) is 0 Å². The third-order valence-corrected chi connectivity index (χ3v) is 5.51. The fraction of sp³-hybridized carbons (Fsp3) is 0.909. The lowest BCUT2D eigenvalue weighted by atomic mass is 9.91. The van der Waals surface area contributed by atoms with Crippen LogP contribution in [0.1, 0.15) is 103 Å². The average Bonchev–Trinajstić information content (AvgIpc) is 3.09. The van der Waals surface area contributed by atoms with Crippen molar-refractivity contribution in [2.75, 3.05) is 13.2 Å². The molecule has 136 valence electrons. The second kappa shape index (κ2) is 15.2. The van der Waals surface area contributed by atoms with E-state index in [9.17, 15) is 0 Å². The summed E-state index contributed by atoms with van der Waals surface area (Å²) >= 11 is 0. The molecule has 0 aromatic rings. The van der Waals surface area contributed by atoms with Gasteiger partial charge in [0.1, 0.15) is 0 Å². The van der Waals surface area contributed by atoms with Crippen molar-refractivity contribution in [1.82, 2.24) is 0 Å². The summed E-state index contributed by atoms with van der Waals surface area (Å²) in [6, 6.07) is 0. The Balaban J connectivity index is 1.79. The first-order valence-electron chi connectivity index (χ1n) is 10.6. The van der Waals surface area contributed by atoms with Crippen LogP contribution in [-0.2, 0) is 4.74 Å². The Morgan fingerprint density at radius 3 is 1.83 bits per heavy atom. The molecule has 0 bridgehead atoms. The summed E-state index contributed by atoms with van der Waals surface area (Å²) in [5.41, 5.74) is 0. The lowest BCUT2D eigenvalue weighted by molar-refractivity contribution is 0.176. The maximum Gasteiger partial charge on any atom is 0.0500 e. The molecule has 0 radical (unpaired) electrons. The van der Waals surface area contributed by atoms with E-state index in [1.54, 1.807) is 0 Å². The zero-order valence-electron chi connectivity index (χ0n) is 15.9. The van der Waals surface area contributed by atoms with Gasteiger partial charge in [0.15, 0.2) is 0 Å². The molecule has 1 heteroatoms. The van der Waals surface area contributed by atoms with Gasteiger partial charge in [0, 0.05) is 6.61 Å². The summed E-state index contributed by atoms with van der Waals surface area (Å²) in [6.07, 6.45) is 23.4. The molecule has 0 spiro atoms. The minimum absolute atomic E-state index is 0.699. The van der Waals surface area contributed by atoms with E-state index in [0.29, 0.717) is 5.92 Å². The third kappa shape index (κ3) is 11.0. The molecule has 23 heavy (non-hydrogen) atoms. The van der Waals surface area contributed by atoms with E-state index in [2.05, 4.69) is 19.6 Å². The van der Waals surface area contributed by atoms with Crippen LogP contribution in [0.15, 0.2) is 12.7 Å². The molecule has 2 atom stereocenters. The van der Waals surface area contributed by atoms with E-state index in [1.807, 2.05) is 0 Å². The van der Waals surface area contributed by atoms with Crippen molar-refractivity contribution in [1.29, 1.82) is 0 Å². The topological polar surface area (TPSA) is 9.23 Å². The van der Waals surface area contributed by atoms with Gasteiger partial charge in [0.05, 0.1) is 6.61 Å². The summed E-state index contributed by atoms with van der Waals surface area (Å²) in [4.78, 5) is 0. The molecule has 1 fully saturated rings. The molecule has 1 aliphatic rings. The summed E-state index contributed by atoms with van der Waals surface area (Å²) in [5, 5.41) is 0. The largest absolute Gasteiger partial charge is 0.381 e. The molecule has 1 rings (SSSR count). The first-order valence-corrected chi connectivity index (χ1v) is 10.6. The first-order chi connectivity index (χ1) is 11.4.